The topological polar surface area (TPSA) is 61.4 Å². The number of fused-ring (bicyclic) bond motifs is 2. The quantitative estimate of drug-likeness (QED) is 0.520. The van der Waals surface area contributed by atoms with Crippen molar-refractivity contribution in [3.63, 3.8) is 0 Å². The van der Waals surface area contributed by atoms with Gasteiger partial charge >= 0.3 is 114 Å². The van der Waals surface area contributed by atoms with Crippen molar-refractivity contribution in [2.45, 2.75) is 0 Å². The molecule has 2 aromatic carbocycles. The van der Waals surface area contributed by atoms with Gasteiger partial charge in [0.25, 0.3) is 0 Å². The fourth-order valence-electron chi connectivity index (χ4n) is 1.89. The molecule has 0 saturated heterocycles. The van der Waals surface area contributed by atoms with Crippen LogP contribution < -0.4 is 0 Å². The van der Waals surface area contributed by atoms with E-state index in [2.05, 4.69) is 20.6 Å². The van der Waals surface area contributed by atoms with Crippen LogP contribution in [0.1, 0.15) is 0 Å². The molecule has 0 radical (unpaired) electrons. The van der Waals surface area contributed by atoms with Crippen molar-refractivity contribution in [3.05, 3.63) is 48.5 Å². The van der Waals surface area contributed by atoms with Crippen LogP contribution in [0.3, 0.4) is 0 Å². The summed E-state index contributed by atoms with van der Waals surface area (Å²) in [4.78, 5) is 0. The van der Waals surface area contributed by atoms with Crippen LogP contribution in [-0.4, -0.2) is 43.4 Å². The fourth-order valence-corrected chi connectivity index (χ4v) is 3.50. The summed E-state index contributed by atoms with van der Waals surface area (Å²) in [6.45, 7) is 0. The Hall–Kier alpha value is -2.24. The Kier molecular flexibility index (Phi) is 2.33. The van der Waals surface area contributed by atoms with E-state index in [-0.39, 0.29) is 15.4 Å². The van der Waals surface area contributed by atoms with Gasteiger partial charge in [0.05, 0.1) is 0 Å². The molecule has 0 atom stereocenters. The molecule has 0 aliphatic carbocycles. The van der Waals surface area contributed by atoms with Gasteiger partial charge in [-0.1, -0.05) is 0 Å². The van der Waals surface area contributed by atoms with Gasteiger partial charge < -0.3 is 0 Å². The second-order valence-electron chi connectivity index (χ2n) is 3.98. The zero-order chi connectivity index (χ0) is 12.7. The van der Waals surface area contributed by atoms with Gasteiger partial charge in [-0.05, 0) is 0 Å². The molecule has 6 nitrogen and oxygen atoms in total. The summed E-state index contributed by atoms with van der Waals surface area (Å²) in [5, 5.41) is 16.7. The van der Waals surface area contributed by atoms with E-state index in [0.29, 0.717) is 0 Å². The molecule has 4 rings (SSSR count). The summed E-state index contributed by atoms with van der Waals surface area (Å²) >= 11 is -0.133. The van der Waals surface area contributed by atoms with E-state index >= 15 is 0 Å². The van der Waals surface area contributed by atoms with E-state index < -0.39 is 0 Å². The molecule has 0 N–H and O–H groups in total. The molecular weight excluding hydrogens is 307 g/mol. The molecule has 0 fully saturated rings. The Labute approximate surface area is 114 Å². The Morgan fingerprint density at radius 2 is 1.16 bits per heavy atom. The average Bonchev–Trinajstić information content (AvgIpc) is 3.05. The summed E-state index contributed by atoms with van der Waals surface area (Å²) < 4.78 is 3.76. The molecule has 0 bridgehead atoms. The van der Waals surface area contributed by atoms with Crippen LogP contribution in [0.15, 0.2) is 48.5 Å². The minimum absolute atomic E-state index is 0.133. The van der Waals surface area contributed by atoms with Crippen molar-refractivity contribution in [2.24, 2.45) is 0 Å². The molecule has 19 heavy (non-hydrogen) atoms. The van der Waals surface area contributed by atoms with Crippen molar-refractivity contribution >= 4 is 37.5 Å². The van der Waals surface area contributed by atoms with Gasteiger partial charge in [-0.15, -0.1) is 0 Å². The van der Waals surface area contributed by atoms with E-state index in [1.54, 1.807) is 0 Å². The Morgan fingerprint density at radius 1 is 0.684 bits per heavy atom. The van der Waals surface area contributed by atoms with Crippen molar-refractivity contribution in [3.8, 4) is 0 Å². The van der Waals surface area contributed by atoms with Gasteiger partial charge in [0.15, 0.2) is 0 Å². The maximum absolute atomic E-state index is 4.18. The number of hydrogen-bond acceptors (Lipinski definition) is 4. The summed E-state index contributed by atoms with van der Waals surface area (Å²) in [5.74, 6) is 0. The predicted molar refractivity (Wildman–Crippen MR) is 71.6 cm³/mol. The normalized spacial score (nSPS) is 11.4. The van der Waals surface area contributed by atoms with Crippen LogP contribution in [0.2, 0.25) is 0 Å². The van der Waals surface area contributed by atoms with Crippen molar-refractivity contribution in [2.75, 3.05) is 0 Å². The number of benzene rings is 2. The zero-order valence-corrected chi connectivity index (χ0v) is 11.4. The first-order chi connectivity index (χ1) is 9.42. The van der Waals surface area contributed by atoms with Crippen LogP contribution in [0.4, 0.5) is 0 Å². The number of hydrogen-bond donors (Lipinski definition) is 0. The molecule has 0 unspecified atom stereocenters. The minimum atomic E-state index is -0.133. The van der Waals surface area contributed by atoms with Gasteiger partial charge in [0, 0.05) is 0 Å². The first kappa shape index (κ1) is 10.7. The summed E-state index contributed by atoms with van der Waals surface area (Å²) in [5.41, 5.74) is 3.83. The molecular formula is C12H8N6Se. The molecule has 0 aliphatic heterocycles. The monoisotopic (exact) mass is 316 g/mol. The number of aromatic nitrogens is 6. The Bertz CT molecular complexity index is 793. The third kappa shape index (κ3) is 1.71. The Morgan fingerprint density at radius 3 is 1.68 bits per heavy atom. The molecule has 4 aromatic rings. The molecule has 2 aromatic heterocycles. The van der Waals surface area contributed by atoms with Gasteiger partial charge in [0.1, 0.15) is 0 Å². The molecule has 0 spiro atoms. The standard InChI is InChI=1S/C12H8N6Se/c1-3-7-11-9(5-1)13-15-17(11)19-18-12-8-4-2-6-10(12)14-16-18/h1-8H. The average molecular weight is 315 g/mol. The number of nitrogens with zero attached hydrogens (tertiary/aromatic N) is 6. The van der Waals surface area contributed by atoms with Crippen LogP contribution >= 0.6 is 0 Å². The summed E-state index contributed by atoms with van der Waals surface area (Å²) in [6.07, 6.45) is 0. The van der Waals surface area contributed by atoms with Gasteiger partial charge in [0.2, 0.25) is 0 Å². The maximum atomic E-state index is 4.18. The number of para-hydroxylation sites is 2. The van der Waals surface area contributed by atoms with E-state index in [1.165, 1.54) is 0 Å². The predicted octanol–water partition coefficient (Wildman–Crippen LogP) is 1.11. The first-order valence-electron chi connectivity index (χ1n) is 5.71. The number of rotatable bonds is 2. The summed E-state index contributed by atoms with van der Waals surface area (Å²) in [7, 11) is 0. The summed E-state index contributed by atoms with van der Waals surface area (Å²) in [6, 6.07) is 15.8. The van der Waals surface area contributed by atoms with E-state index in [9.17, 15) is 0 Å². The fraction of sp³-hybridized carbons (Fsp3) is 0. The molecule has 7 heteroatoms. The van der Waals surface area contributed by atoms with E-state index in [1.807, 2.05) is 55.9 Å². The van der Waals surface area contributed by atoms with Crippen LogP contribution in [0, 0.1) is 0 Å². The molecule has 0 aliphatic rings. The van der Waals surface area contributed by atoms with Crippen LogP contribution in [0.25, 0.3) is 22.1 Å². The van der Waals surface area contributed by atoms with Gasteiger partial charge in [-0.25, -0.2) is 0 Å². The molecule has 2 heterocycles. The third-order valence-electron chi connectivity index (χ3n) is 2.80. The van der Waals surface area contributed by atoms with Crippen LogP contribution in [0.5, 0.6) is 0 Å². The van der Waals surface area contributed by atoms with Crippen molar-refractivity contribution in [1.82, 2.24) is 28.0 Å². The molecule has 0 amide bonds. The van der Waals surface area contributed by atoms with Crippen LogP contribution in [-0.2, 0) is 0 Å². The zero-order valence-electron chi connectivity index (χ0n) is 9.71. The van der Waals surface area contributed by atoms with Crippen molar-refractivity contribution in [1.29, 1.82) is 0 Å². The van der Waals surface area contributed by atoms with Gasteiger partial charge in [-0.3, -0.25) is 0 Å². The Balaban J connectivity index is 1.82. The SMILES string of the molecule is c1ccc2c(c1)nnn2[Se]n1nnc2ccccc21. The van der Waals surface area contributed by atoms with Crippen molar-refractivity contribution < 1.29 is 0 Å². The van der Waals surface area contributed by atoms with E-state index in [0.717, 1.165) is 22.1 Å². The molecule has 0 saturated carbocycles. The first-order valence-corrected chi connectivity index (χ1v) is 7.25. The van der Waals surface area contributed by atoms with E-state index in [4.69, 9.17) is 0 Å². The second-order valence-corrected chi connectivity index (χ2v) is 5.78. The molecule has 92 valence electrons. The van der Waals surface area contributed by atoms with Gasteiger partial charge in [-0.2, -0.15) is 0 Å². The third-order valence-corrected chi connectivity index (χ3v) is 4.58. The second kappa shape index (κ2) is 4.15.